The largest absolute Gasteiger partial charge is 0.352 e. The average Bonchev–Trinajstić information content (AvgIpc) is 2.61. The molecule has 0 aliphatic carbocycles. The smallest absolute Gasteiger partial charge is 0.270 e. The molecule has 0 unspecified atom stereocenters. The van der Waals surface area contributed by atoms with Crippen molar-refractivity contribution in [2.45, 2.75) is 13.3 Å². The van der Waals surface area contributed by atoms with Crippen LogP contribution in [0.25, 0.3) is 0 Å². The van der Waals surface area contributed by atoms with Crippen LogP contribution in [0.15, 0.2) is 36.5 Å². The summed E-state index contributed by atoms with van der Waals surface area (Å²) in [5.74, 6) is -0.752. The van der Waals surface area contributed by atoms with Crippen LogP contribution in [-0.4, -0.2) is 34.8 Å². The summed E-state index contributed by atoms with van der Waals surface area (Å²) in [6.45, 7) is 2.47. The zero-order valence-electron chi connectivity index (χ0n) is 14.0. The third-order valence-corrected chi connectivity index (χ3v) is 3.83. The van der Waals surface area contributed by atoms with Crippen molar-refractivity contribution >= 4 is 29.1 Å². The third kappa shape index (κ3) is 5.25. The van der Waals surface area contributed by atoms with Crippen LogP contribution in [-0.2, 0) is 0 Å². The lowest BCUT2D eigenvalue weighted by atomic mass is 10.2. The number of aromatic nitrogens is 1. The van der Waals surface area contributed by atoms with Crippen LogP contribution in [0.3, 0.4) is 0 Å². The Morgan fingerprint density at radius 2 is 1.85 bits per heavy atom. The van der Waals surface area contributed by atoms with Crippen molar-refractivity contribution in [3.8, 4) is 0 Å². The van der Waals surface area contributed by atoms with Gasteiger partial charge >= 0.3 is 0 Å². The van der Waals surface area contributed by atoms with E-state index < -0.39 is 10.8 Å². The van der Waals surface area contributed by atoms with E-state index in [2.05, 4.69) is 15.6 Å². The number of hydrogen-bond acceptors (Lipinski definition) is 5. The highest BCUT2D eigenvalue weighted by molar-refractivity contribution is 6.33. The van der Waals surface area contributed by atoms with Crippen LogP contribution in [0.2, 0.25) is 5.02 Å². The summed E-state index contributed by atoms with van der Waals surface area (Å²) in [4.78, 5) is 38.2. The number of nitrogens with zero attached hydrogens (tertiary/aromatic N) is 2. The second kappa shape index (κ2) is 8.91. The van der Waals surface area contributed by atoms with Gasteiger partial charge in [-0.3, -0.25) is 24.7 Å². The highest BCUT2D eigenvalue weighted by Gasteiger charge is 2.15. The first-order valence-electron chi connectivity index (χ1n) is 7.81. The van der Waals surface area contributed by atoms with Gasteiger partial charge in [0, 0.05) is 37.1 Å². The Hall–Kier alpha value is -3.00. The Morgan fingerprint density at radius 3 is 2.46 bits per heavy atom. The van der Waals surface area contributed by atoms with Gasteiger partial charge in [0.1, 0.15) is 0 Å². The quantitative estimate of drug-likeness (QED) is 0.437. The molecule has 0 radical (unpaired) electrons. The van der Waals surface area contributed by atoms with Gasteiger partial charge in [-0.25, -0.2) is 0 Å². The molecule has 0 spiro atoms. The van der Waals surface area contributed by atoms with Crippen molar-refractivity contribution in [2.24, 2.45) is 0 Å². The molecule has 2 amide bonds. The van der Waals surface area contributed by atoms with Crippen LogP contribution in [0, 0.1) is 17.0 Å². The molecule has 0 aliphatic heterocycles. The van der Waals surface area contributed by atoms with Crippen molar-refractivity contribution in [1.82, 2.24) is 15.6 Å². The molecule has 136 valence electrons. The van der Waals surface area contributed by atoms with Crippen LogP contribution >= 0.6 is 11.6 Å². The van der Waals surface area contributed by atoms with E-state index in [0.717, 1.165) is 11.8 Å². The normalized spacial score (nSPS) is 10.2. The second-order valence-corrected chi connectivity index (χ2v) is 5.88. The summed E-state index contributed by atoms with van der Waals surface area (Å²) in [5, 5.41) is 16.2. The molecule has 0 aliphatic rings. The second-order valence-electron chi connectivity index (χ2n) is 5.47. The highest BCUT2D eigenvalue weighted by Crippen LogP contribution is 2.21. The van der Waals surface area contributed by atoms with E-state index in [1.165, 1.54) is 18.3 Å². The van der Waals surface area contributed by atoms with Crippen molar-refractivity contribution in [1.29, 1.82) is 0 Å². The SMILES string of the molecule is Cc1ccc(C(=O)NCCCNC(=O)c2cc([N+](=O)[O-])ccc2Cl)cn1. The molecule has 0 atom stereocenters. The monoisotopic (exact) mass is 376 g/mol. The van der Waals surface area contributed by atoms with Crippen LogP contribution in [0.4, 0.5) is 5.69 Å². The Morgan fingerprint density at radius 1 is 1.15 bits per heavy atom. The minimum atomic E-state index is -0.595. The molecule has 2 N–H and O–H groups in total. The molecule has 1 aromatic carbocycles. The Kier molecular flexibility index (Phi) is 6.62. The van der Waals surface area contributed by atoms with Gasteiger partial charge in [-0.1, -0.05) is 11.6 Å². The van der Waals surface area contributed by atoms with Gasteiger partial charge < -0.3 is 10.6 Å². The maximum absolute atomic E-state index is 12.1. The molecule has 1 aromatic heterocycles. The van der Waals surface area contributed by atoms with E-state index in [9.17, 15) is 19.7 Å². The van der Waals surface area contributed by atoms with Gasteiger partial charge in [0.25, 0.3) is 17.5 Å². The summed E-state index contributed by atoms with van der Waals surface area (Å²) in [5.41, 5.74) is 1.11. The van der Waals surface area contributed by atoms with Crippen molar-refractivity contribution < 1.29 is 14.5 Å². The zero-order valence-corrected chi connectivity index (χ0v) is 14.7. The predicted octanol–water partition coefficient (Wildman–Crippen LogP) is 2.50. The van der Waals surface area contributed by atoms with Crippen molar-refractivity contribution in [3.05, 3.63) is 68.5 Å². The fourth-order valence-electron chi connectivity index (χ4n) is 2.09. The van der Waals surface area contributed by atoms with Crippen molar-refractivity contribution in [2.75, 3.05) is 13.1 Å². The van der Waals surface area contributed by atoms with Crippen LogP contribution in [0.1, 0.15) is 32.8 Å². The van der Waals surface area contributed by atoms with Gasteiger partial charge in [-0.2, -0.15) is 0 Å². The number of nitro groups is 1. The predicted molar refractivity (Wildman–Crippen MR) is 96.4 cm³/mol. The maximum atomic E-state index is 12.1. The number of non-ortho nitro benzene ring substituents is 1. The summed E-state index contributed by atoms with van der Waals surface area (Å²) < 4.78 is 0. The van der Waals surface area contributed by atoms with E-state index in [-0.39, 0.29) is 28.7 Å². The molecule has 0 bridgehead atoms. The lowest BCUT2D eigenvalue weighted by Crippen LogP contribution is -2.30. The minimum Gasteiger partial charge on any atom is -0.352 e. The molecule has 26 heavy (non-hydrogen) atoms. The van der Waals surface area contributed by atoms with E-state index in [1.54, 1.807) is 12.1 Å². The first-order chi connectivity index (χ1) is 12.4. The van der Waals surface area contributed by atoms with Gasteiger partial charge in [0.2, 0.25) is 0 Å². The van der Waals surface area contributed by atoms with Crippen LogP contribution < -0.4 is 10.6 Å². The number of carbonyl (C=O) groups is 2. The molecule has 0 fully saturated rings. The van der Waals surface area contributed by atoms with Gasteiger partial charge in [0.15, 0.2) is 0 Å². The first-order valence-corrected chi connectivity index (χ1v) is 8.19. The molecule has 9 heteroatoms. The van der Waals surface area contributed by atoms with E-state index in [0.29, 0.717) is 18.5 Å². The maximum Gasteiger partial charge on any atom is 0.270 e. The lowest BCUT2D eigenvalue weighted by Gasteiger charge is -2.08. The lowest BCUT2D eigenvalue weighted by molar-refractivity contribution is -0.384. The zero-order chi connectivity index (χ0) is 19.1. The summed E-state index contributed by atoms with van der Waals surface area (Å²) in [7, 11) is 0. The number of nitrogens with one attached hydrogen (secondary N) is 2. The van der Waals surface area contributed by atoms with E-state index in [4.69, 9.17) is 11.6 Å². The topological polar surface area (TPSA) is 114 Å². The molecule has 2 aromatic rings. The number of aryl methyl sites for hydroxylation is 1. The standard InChI is InChI=1S/C17H17ClN4O4/c1-11-3-4-12(10-21-11)16(23)19-7-2-8-20-17(24)14-9-13(22(25)26)5-6-15(14)18/h3-6,9-10H,2,7-8H2,1H3,(H,19,23)(H,20,24). The fraction of sp³-hybridized carbons (Fsp3) is 0.235. The van der Waals surface area contributed by atoms with Crippen molar-refractivity contribution in [3.63, 3.8) is 0 Å². The molecule has 2 rings (SSSR count). The van der Waals surface area contributed by atoms with Gasteiger partial charge in [-0.05, 0) is 31.5 Å². The number of carbonyl (C=O) groups excluding carboxylic acids is 2. The van der Waals surface area contributed by atoms with Crippen LogP contribution in [0.5, 0.6) is 0 Å². The summed E-state index contributed by atoms with van der Waals surface area (Å²) in [6.07, 6.45) is 1.99. The molecule has 1 heterocycles. The average molecular weight is 377 g/mol. The fourth-order valence-corrected chi connectivity index (χ4v) is 2.30. The van der Waals surface area contributed by atoms with Gasteiger partial charge in [0.05, 0.1) is 21.1 Å². The number of halogens is 1. The van der Waals surface area contributed by atoms with E-state index >= 15 is 0 Å². The molecular formula is C17H17ClN4O4. The number of benzene rings is 1. The Bertz CT molecular complexity index is 824. The molecular weight excluding hydrogens is 360 g/mol. The Balaban J connectivity index is 1.78. The van der Waals surface area contributed by atoms with Gasteiger partial charge in [-0.15, -0.1) is 0 Å². The third-order valence-electron chi connectivity index (χ3n) is 3.50. The number of pyridine rings is 1. The number of rotatable bonds is 7. The van der Waals surface area contributed by atoms with E-state index in [1.807, 2.05) is 6.92 Å². The summed E-state index contributed by atoms with van der Waals surface area (Å²) >= 11 is 5.91. The number of hydrogen-bond donors (Lipinski definition) is 2. The number of amides is 2. The number of nitro benzene ring substituents is 1. The minimum absolute atomic E-state index is 0.0376. The summed E-state index contributed by atoms with van der Waals surface area (Å²) in [6, 6.07) is 7.10. The first kappa shape index (κ1) is 19.3. The highest BCUT2D eigenvalue weighted by atomic mass is 35.5. The molecule has 0 saturated carbocycles. The Labute approximate surface area is 154 Å². The molecule has 0 saturated heterocycles. The molecule has 8 nitrogen and oxygen atoms in total.